The van der Waals surface area contributed by atoms with Crippen molar-refractivity contribution in [3.8, 4) is 5.69 Å². The number of hydrogen-bond donors (Lipinski definition) is 1. The lowest BCUT2D eigenvalue weighted by molar-refractivity contribution is 0.601. The van der Waals surface area contributed by atoms with Crippen LogP contribution in [-0.4, -0.2) is 18.0 Å². The molecule has 0 radical (unpaired) electrons. The molecule has 0 aliphatic carbocycles. The van der Waals surface area contributed by atoms with Crippen LogP contribution in [0.15, 0.2) is 82.5 Å². The lowest BCUT2D eigenvalue weighted by Crippen LogP contribution is -2.22. The average Bonchev–Trinajstić information content (AvgIpc) is 2.68. The molecule has 0 saturated carbocycles. The zero-order valence-electron chi connectivity index (χ0n) is 15.3. The molecule has 0 aliphatic rings. The van der Waals surface area contributed by atoms with Crippen LogP contribution in [0.25, 0.3) is 16.6 Å². The SMILES string of the molecule is Cc1nc2ccccc2c(=O)n1-c1cccc(NS(=O)(=O)c2ccc(I)cc2)c1. The first kappa shape index (κ1) is 19.6. The predicted molar refractivity (Wildman–Crippen MR) is 122 cm³/mol. The van der Waals surface area contributed by atoms with Crippen molar-refractivity contribution < 1.29 is 8.42 Å². The Morgan fingerprint density at radius 2 is 1.69 bits per heavy atom. The van der Waals surface area contributed by atoms with Gasteiger partial charge in [0.05, 0.1) is 27.2 Å². The fourth-order valence-electron chi connectivity index (χ4n) is 3.08. The van der Waals surface area contributed by atoms with Gasteiger partial charge in [-0.3, -0.25) is 14.1 Å². The Hall–Kier alpha value is -2.72. The van der Waals surface area contributed by atoms with E-state index in [4.69, 9.17) is 0 Å². The Morgan fingerprint density at radius 3 is 2.45 bits per heavy atom. The Bertz CT molecular complexity index is 1380. The van der Waals surface area contributed by atoms with Gasteiger partial charge in [0.2, 0.25) is 0 Å². The quantitative estimate of drug-likeness (QED) is 0.414. The number of halogens is 1. The molecule has 4 aromatic rings. The maximum absolute atomic E-state index is 13.0. The lowest BCUT2D eigenvalue weighted by Gasteiger charge is -2.13. The van der Waals surface area contributed by atoms with Crippen molar-refractivity contribution in [3.05, 3.63) is 92.5 Å². The summed E-state index contributed by atoms with van der Waals surface area (Å²) < 4.78 is 30.3. The molecule has 29 heavy (non-hydrogen) atoms. The molecular weight excluding hydrogens is 501 g/mol. The van der Waals surface area contributed by atoms with E-state index in [-0.39, 0.29) is 10.5 Å². The molecule has 8 heteroatoms. The first-order chi connectivity index (χ1) is 13.8. The normalized spacial score (nSPS) is 11.5. The number of nitrogens with zero attached hydrogens (tertiary/aromatic N) is 2. The number of anilines is 1. The Balaban J connectivity index is 1.76. The molecule has 146 valence electrons. The molecule has 6 nitrogen and oxygen atoms in total. The van der Waals surface area contributed by atoms with Crippen LogP contribution in [0.4, 0.5) is 5.69 Å². The number of rotatable bonds is 4. The predicted octanol–water partition coefficient (Wildman–Crippen LogP) is 4.10. The van der Waals surface area contributed by atoms with Gasteiger partial charge in [0.25, 0.3) is 15.6 Å². The van der Waals surface area contributed by atoms with Gasteiger partial charge >= 0.3 is 0 Å². The minimum atomic E-state index is -3.74. The van der Waals surface area contributed by atoms with Crippen molar-refractivity contribution in [2.75, 3.05) is 4.72 Å². The number of nitrogens with one attached hydrogen (secondary N) is 1. The van der Waals surface area contributed by atoms with E-state index < -0.39 is 10.0 Å². The van der Waals surface area contributed by atoms with Crippen LogP contribution in [0.5, 0.6) is 0 Å². The fraction of sp³-hybridized carbons (Fsp3) is 0.0476. The fourth-order valence-corrected chi connectivity index (χ4v) is 4.49. The summed E-state index contributed by atoms with van der Waals surface area (Å²) in [5.41, 5.74) is 1.32. The highest BCUT2D eigenvalue weighted by atomic mass is 127. The first-order valence-corrected chi connectivity index (χ1v) is 11.3. The van der Waals surface area contributed by atoms with Crippen molar-refractivity contribution in [2.45, 2.75) is 11.8 Å². The molecule has 0 amide bonds. The van der Waals surface area contributed by atoms with Gasteiger partial charge in [-0.15, -0.1) is 0 Å². The number of benzene rings is 3. The van der Waals surface area contributed by atoms with Crippen LogP contribution in [0.3, 0.4) is 0 Å². The summed E-state index contributed by atoms with van der Waals surface area (Å²) in [5.74, 6) is 0.520. The van der Waals surface area contributed by atoms with Crippen molar-refractivity contribution in [3.63, 3.8) is 0 Å². The van der Waals surface area contributed by atoms with Crippen molar-refractivity contribution in [2.24, 2.45) is 0 Å². The monoisotopic (exact) mass is 517 g/mol. The number of hydrogen-bond acceptors (Lipinski definition) is 4. The summed E-state index contributed by atoms with van der Waals surface area (Å²) in [4.78, 5) is 17.7. The molecule has 0 aliphatic heterocycles. The highest BCUT2D eigenvalue weighted by molar-refractivity contribution is 14.1. The second-order valence-electron chi connectivity index (χ2n) is 6.43. The average molecular weight is 517 g/mol. The summed E-state index contributed by atoms with van der Waals surface area (Å²) in [6.45, 7) is 1.75. The Kier molecular flexibility index (Phi) is 5.13. The van der Waals surface area contributed by atoms with Gasteiger partial charge in [-0.1, -0.05) is 18.2 Å². The smallest absolute Gasteiger partial charge is 0.265 e. The van der Waals surface area contributed by atoms with Gasteiger partial charge in [0.15, 0.2) is 0 Å². The second-order valence-corrected chi connectivity index (χ2v) is 9.35. The summed E-state index contributed by atoms with van der Waals surface area (Å²) in [6.07, 6.45) is 0. The molecule has 1 heterocycles. The van der Waals surface area contributed by atoms with E-state index in [0.717, 1.165) is 3.57 Å². The van der Waals surface area contributed by atoms with Gasteiger partial charge in [-0.25, -0.2) is 13.4 Å². The van der Waals surface area contributed by atoms with Crippen LogP contribution in [0.1, 0.15) is 5.82 Å². The molecule has 0 saturated heterocycles. The first-order valence-electron chi connectivity index (χ1n) is 8.72. The minimum Gasteiger partial charge on any atom is -0.280 e. The number of aromatic nitrogens is 2. The van der Waals surface area contributed by atoms with Gasteiger partial charge < -0.3 is 0 Å². The molecule has 0 fully saturated rings. The largest absolute Gasteiger partial charge is 0.280 e. The topological polar surface area (TPSA) is 81.1 Å². The van der Waals surface area contributed by atoms with E-state index in [9.17, 15) is 13.2 Å². The Morgan fingerprint density at radius 1 is 0.966 bits per heavy atom. The summed E-state index contributed by atoms with van der Waals surface area (Å²) in [5, 5.41) is 0.503. The van der Waals surface area contributed by atoms with Crippen molar-refractivity contribution in [1.29, 1.82) is 0 Å². The molecule has 1 N–H and O–H groups in total. The Labute approximate surface area is 181 Å². The zero-order valence-corrected chi connectivity index (χ0v) is 18.3. The third-order valence-electron chi connectivity index (χ3n) is 4.42. The van der Waals surface area contributed by atoms with E-state index in [1.165, 1.54) is 4.57 Å². The molecule has 0 atom stereocenters. The maximum Gasteiger partial charge on any atom is 0.265 e. The molecule has 1 aromatic heterocycles. The highest BCUT2D eigenvalue weighted by Gasteiger charge is 2.15. The summed E-state index contributed by atoms with van der Waals surface area (Å²) in [7, 11) is -3.74. The standard InChI is InChI=1S/C21H16IN3O3S/c1-14-23-20-8-3-2-7-19(20)21(26)25(14)17-6-4-5-16(13-17)24-29(27,28)18-11-9-15(22)10-12-18/h2-13,24H,1H3. The number of fused-ring (bicyclic) bond motifs is 1. The van der Waals surface area contributed by atoms with Gasteiger partial charge in [-0.2, -0.15) is 0 Å². The molecule has 4 rings (SSSR count). The van der Waals surface area contributed by atoms with Crippen LogP contribution in [-0.2, 0) is 10.0 Å². The maximum atomic E-state index is 13.0. The summed E-state index contributed by atoms with van der Waals surface area (Å²) >= 11 is 2.12. The van der Waals surface area contributed by atoms with E-state index in [0.29, 0.717) is 28.1 Å². The van der Waals surface area contributed by atoms with Crippen LogP contribution >= 0.6 is 22.6 Å². The lowest BCUT2D eigenvalue weighted by atomic mass is 10.2. The third kappa shape index (κ3) is 3.90. The molecule has 3 aromatic carbocycles. The molecule has 0 spiro atoms. The van der Waals surface area contributed by atoms with Crippen LogP contribution < -0.4 is 10.3 Å². The van der Waals surface area contributed by atoms with E-state index in [1.54, 1.807) is 73.7 Å². The third-order valence-corrected chi connectivity index (χ3v) is 6.54. The minimum absolute atomic E-state index is 0.170. The highest BCUT2D eigenvalue weighted by Crippen LogP contribution is 2.20. The van der Waals surface area contributed by atoms with E-state index in [1.807, 2.05) is 6.07 Å². The zero-order chi connectivity index (χ0) is 20.6. The van der Waals surface area contributed by atoms with E-state index in [2.05, 4.69) is 32.3 Å². The van der Waals surface area contributed by atoms with Gasteiger partial charge in [-0.05, 0) is 84.1 Å². The van der Waals surface area contributed by atoms with Crippen molar-refractivity contribution >= 4 is 49.2 Å². The van der Waals surface area contributed by atoms with Gasteiger partial charge in [0, 0.05) is 3.57 Å². The van der Waals surface area contributed by atoms with Gasteiger partial charge in [0.1, 0.15) is 5.82 Å². The second kappa shape index (κ2) is 7.60. The number of sulfonamides is 1. The molecule has 0 unspecified atom stereocenters. The molecule has 0 bridgehead atoms. The number of aryl methyl sites for hydroxylation is 1. The number of para-hydroxylation sites is 1. The van der Waals surface area contributed by atoms with E-state index >= 15 is 0 Å². The van der Waals surface area contributed by atoms with Crippen LogP contribution in [0.2, 0.25) is 0 Å². The molecular formula is C21H16IN3O3S. The van der Waals surface area contributed by atoms with Crippen molar-refractivity contribution in [1.82, 2.24) is 9.55 Å². The van der Waals surface area contributed by atoms with Crippen LogP contribution in [0, 0.1) is 10.5 Å². The summed E-state index contributed by atoms with van der Waals surface area (Å²) in [6, 6.07) is 20.4.